The van der Waals surface area contributed by atoms with Crippen molar-refractivity contribution in [1.29, 1.82) is 0 Å². The standard InChI is InChI=1S/C11H13BFN3/c1-12(13)8-4-5-14-9-6-15-11(7-2-3-7)16-10(8)9/h6-7H,2-5H2,1H3. The van der Waals surface area contributed by atoms with Crippen molar-refractivity contribution in [3.8, 4) is 0 Å². The first kappa shape index (κ1) is 9.93. The summed E-state index contributed by atoms with van der Waals surface area (Å²) in [6.07, 6.45) is 4.76. The lowest BCUT2D eigenvalue weighted by Gasteiger charge is -2.09. The number of nitrogens with zero attached hydrogens (tertiary/aromatic N) is 3. The second kappa shape index (κ2) is 3.65. The molecule has 1 aliphatic carbocycles. The van der Waals surface area contributed by atoms with E-state index in [1.165, 1.54) is 0 Å². The van der Waals surface area contributed by atoms with Crippen LogP contribution in [0.2, 0.25) is 6.82 Å². The van der Waals surface area contributed by atoms with Gasteiger partial charge in [-0.3, -0.25) is 4.99 Å². The smallest absolute Gasteiger partial charge is 0.330 e. The van der Waals surface area contributed by atoms with Crippen LogP contribution in [0.5, 0.6) is 0 Å². The van der Waals surface area contributed by atoms with Crippen LogP contribution in [0.15, 0.2) is 11.2 Å². The maximum atomic E-state index is 13.5. The third-order valence-corrected chi connectivity index (χ3v) is 3.18. The van der Waals surface area contributed by atoms with Gasteiger partial charge in [-0.2, -0.15) is 0 Å². The van der Waals surface area contributed by atoms with Crippen LogP contribution >= 0.6 is 0 Å². The molecule has 82 valence electrons. The molecule has 5 heteroatoms. The summed E-state index contributed by atoms with van der Waals surface area (Å²) in [5.74, 6) is 1.37. The molecule has 0 spiro atoms. The summed E-state index contributed by atoms with van der Waals surface area (Å²) in [7, 11) is 0. The Morgan fingerprint density at radius 1 is 1.44 bits per heavy atom. The maximum absolute atomic E-state index is 13.5. The minimum atomic E-state index is -0.934. The highest BCUT2D eigenvalue weighted by Crippen LogP contribution is 2.37. The van der Waals surface area contributed by atoms with E-state index in [0.29, 0.717) is 18.9 Å². The molecule has 1 aromatic rings. The Hall–Kier alpha value is -1.26. The van der Waals surface area contributed by atoms with Crippen LogP contribution in [-0.4, -0.2) is 23.5 Å². The Labute approximate surface area is 93.7 Å². The molecular weight excluding hydrogens is 204 g/mol. The summed E-state index contributed by atoms with van der Waals surface area (Å²) in [5, 5.41) is 1.51. The van der Waals surface area contributed by atoms with Gasteiger partial charge >= 0.3 is 6.99 Å². The van der Waals surface area contributed by atoms with Crippen molar-refractivity contribution < 1.29 is 4.32 Å². The van der Waals surface area contributed by atoms with Gasteiger partial charge in [0, 0.05) is 12.5 Å². The molecular formula is C11H13BFN3. The van der Waals surface area contributed by atoms with Crippen LogP contribution in [0.3, 0.4) is 0 Å². The summed E-state index contributed by atoms with van der Waals surface area (Å²) in [6.45, 7) is 1.29. The molecule has 2 aliphatic rings. The zero-order valence-corrected chi connectivity index (χ0v) is 9.28. The first-order chi connectivity index (χ1) is 7.75. The van der Waals surface area contributed by atoms with E-state index < -0.39 is 6.99 Å². The van der Waals surface area contributed by atoms with E-state index in [1.54, 1.807) is 13.0 Å². The molecule has 0 unspecified atom stereocenters. The van der Waals surface area contributed by atoms with Gasteiger partial charge in [0.25, 0.3) is 0 Å². The molecule has 2 heterocycles. The van der Waals surface area contributed by atoms with Crippen LogP contribution in [0.4, 0.5) is 4.32 Å². The van der Waals surface area contributed by atoms with Crippen LogP contribution in [0.25, 0.3) is 5.47 Å². The molecule has 16 heavy (non-hydrogen) atoms. The van der Waals surface area contributed by atoms with Gasteiger partial charge in [-0.15, -0.1) is 0 Å². The van der Waals surface area contributed by atoms with E-state index in [-0.39, 0.29) is 0 Å². The first-order valence-electron chi connectivity index (χ1n) is 5.80. The minimum Gasteiger partial charge on any atom is -0.330 e. The van der Waals surface area contributed by atoms with Crippen molar-refractivity contribution in [3.63, 3.8) is 0 Å². The lowest BCUT2D eigenvalue weighted by atomic mass is 9.64. The molecule has 0 atom stereocenters. The average molecular weight is 217 g/mol. The lowest BCUT2D eigenvalue weighted by molar-refractivity contribution is 0.821. The zero-order valence-electron chi connectivity index (χ0n) is 9.28. The molecule has 1 aliphatic heterocycles. The molecule has 0 amide bonds. The van der Waals surface area contributed by atoms with Gasteiger partial charge in [-0.25, -0.2) is 9.97 Å². The fourth-order valence-electron chi connectivity index (χ4n) is 2.08. The molecule has 1 fully saturated rings. The number of hydrogen-bond donors (Lipinski definition) is 0. The predicted molar refractivity (Wildman–Crippen MR) is 60.4 cm³/mol. The van der Waals surface area contributed by atoms with Crippen molar-refractivity contribution in [2.24, 2.45) is 4.99 Å². The SMILES string of the molecule is CB(F)C1=c2nc(C3CC3)ncc2=NCC1. The molecule has 0 saturated heterocycles. The van der Waals surface area contributed by atoms with Crippen LogP contribution in [-0.2, 0) is 0 Å². The fraction of sp³-hybridized carbons (Fsp3) is 0.545. The summed E-state index contributed by atoms with van der Waals surface area (Å²) >= 11 is 0. The Morgan fingerprint density at radius 2 is 2.25 bits per heavy atom. The van der Waals surface area contributed by atoms with Crippen LogP contribution < -0.4 is 10.7 Å². The number of hydrogen-bond acceptors (Lipinski definition) is 3. The molecule has 0 aromatic carbocycles. The second-order valence-electron chi connectivity index (χ2n) is 4.51. The summed E-state index contributed by atoms with van der Waals surface area (Å²) < 4.78 is 13.5. The monoisotopic (exact) mass is 217 g/mol. The zero-order chi connectivity index (χ0) is 11.1. The second-order valence-corrected chi connectivity index (χ2v) is 4.51. The molecule has 1 saturated carbocycles. The largest absolute Gasteiger partial charge is 0.376 e. The van der Waals surface area contributed by atoms with Crippen molar-refractivity contribution >= 4 is 12.5 Å². The van der Waals surface area contributed by atoms with E-state index in [0.717, 1.165) is 34.8 Å². The van der Waals surface area contributed by atoms with E-state index in [1.807, 2.05) is 0 Å². The summed E-state index contributed by atoms with van der Waals surface area (Å²) in [4.78, 5) is 13.1. The topological polar surface area (TPSA) is 38.1 Å². The third-order valence-electron chi connectivity index (χ3n) is 3.18. The van der Waals surface area contributed by atoms with Crippen molar-refractivity contribution in [1.82, 2.24) is 9.97 Å². The van der Waals surface area contributed by atoms with Crippen LogP contribution in [0, 0.1) is 0 Å². The highest BCUT2D eigenvalue weighted by atomic mass is 19.1. The number of rotatable bonds is 2. The Kier molecular flexibility index (Phi) is 2.26. The molecule has 3 rings (SSSR count). The molecule has 0 N–H and O–H groups in total. The molecule has 1 aromatic heterocycles. The van der Waals surface area contributed by atoms with E-state index in [9.17, 15) is 4.32 Å². The third kappa shape index (κ3) is 1.64. The first-order valence-corrected chi connectivity index (χ1v) is 5.80. The van der Waals surface area contributed by atoms with Crippen molar-refractivity contribution in [3.05, 3.63) is 22.7 Å². The summed E-state index contributed by atoms with van der Waals surface area (Å²) in [6, 6.07) is 0. The highest BCUT2D eigenvalue weighted by Gasteiger charge is 2.27. The van der Waals surface area contributed by atoms with E-state index in [4.69, 9.17) is 0 Å². The predicted octanol–water partition coefficient (Wildman–Crippen LogP) is 0.658. The Bertz CT molecular complexity index is 537. The van der Waals surface area contributed by atoms with Gasteiger partial charge in [-0.1, -0.05) is 0 Å². The van der Waals surface area contributed by atoms with Gasteiger partial charge in [0.2, 0.25) is 0 Å². The molecule has 0 bridgehead atoms. The van der Waals surface area contributed by atoms with Gasteiger partial charge in [0.05, 0.1) is 11.5 Å². The maximum Gasteiger partial charge on any atom is 0.376 e. The van der Waals surface area contributed by atoms with E-state index >= 15 is 0 Å². The molecule has 0 radical (unpaired) electrons. The number of halogens is 1. The lowest BCUT2D eigenvalue weighted by Crippen LogP contribution is -2.38. The average Bonchev–Trinajstić information content (AvgIpc) is 3.11. The van der Waals surface area contributed by atoms with Gasteiger partial charge in [-0.05, 0) is 31.6 Å². The minimum absolute atomic E-state index is 0.503. The normalized spacial score (nSPS) is 19.0. The summed E-state index contributed by atoms with van der Waals surface area (Å²) in [5.41, 5.74) is 0.786. The van der Waals surface area contributed by atoms with Crippen molar-refractivity contribution in [2.45, 2.75) is 32.0 Å². The molecule has 3 nitrogen and oxygen atoms in total. The van der Waals surface area contributed by atoms with Gasteiger partial charge < -0.3 is 4.32 Å². The number of aromatic nitrogens is 2. The quantitative estimate of drug-likeness (QED) is 0.682. The Balaban J connectivity index is 2.23. The Morgan fingerprint density at radius 3 is 2.94 bits per heavy atom. The fourth-order valence-corrected chi connectivity index (χ4v) is 2.08. The number of fused-ring (bicyclic) bond motifs is 1. The van der Waals surface area contributed by atoms with E-state index in [2.05, 4.69) is 15.0 Å². The van der Waals surface area contributed by atoms with Crippen molar-refractivity contribution in [2.75, 3.05) is 6.54 Å². The van der Waals surface area contributed by atoms with Gasteiger partial charge in [0.15, 0.2) is 0 Å². The van der Waals surface area contributed by atoms with Gasteiger partial charge in [0.1, 0.15) is 11.2 Å². The highest BCUT2D eigenvalue weighted by molar-refractivity contribution is 6.69. The van der Waals surface area contributed by atoms with Crippen LogP contribution in [0.1, 0.15) is 31.0 Å².